The van der Waals surface area contributed by atoms with Crippen molar-refractivity contribution >= 4 is 11.8 Å². The molecule has 2 amide bonds. The van der Waals surface area contributed by atoms with E-state index in [1.807, 2.05) is 4.90 Å². The van der Waals surface area contributed by atoms with Crippen LogP contribution < -0.4 is 5.32 Å². The maximum Gasteiger partial charge on any atom is 0.257 e. The summed E-state index contributed by atoms with van der Waals surface area (Å²) in [6.07, 6.45) is 2.90. The second kappa shape index (κ2) is 8.54. The highest BCUT2D eigenvalue weighted by molar-refractivity contribution is 5.97. The third-order valence-electron chi connectivity index (χ3n) is 5.74. The van der Waals surface area contributed by atoms with Crippen molar-refractivity contribution in [3.63, 3.8) is 0 Å². The van der Waals surface area contributed by atoms with E-state index in [9.17, 15) is 14.7 Å². The minimum Gasteiger partial charge on any atom is -0.507 e. The molecule has 1 aromatic rings. The molecule has 1 unspecified atom stereocenters. The molecule has 0 radical (unpaired) electrons. The van der Waals surface area contributed by atoms with E-state index in [-0.39, 0.29) is 17.6 Å². The van der Waals surface area contributed by atoms with Crippen molar-refractivity contribution in [1.82, 2.24) is 15.1 Å². The lowest BCUT2D eigenvalue weighted by atomic mass is 9.84. The van der Waals surface area contributed by atoms with Gasteiger partial charge in [-0.2, -0.15) is 0 Å². The average Bonchev–Trinajstić information content (AvgIpc) is 2.68. The Morgan fingerprint density at radius 3 is 2.38 bits per heavy atom. The van der Waals surface area contributed by atoms with Crippen molar-refractivity contribution in [2.75, 3.05) is 39.3 Å². The summed E-state index contributed by atoms with van der Waals surface area (Å²) in [6.45, 7) is 6.45. The number of nitrogens with one attached hydrogen (secondary N) is 1. The van der Waals surface area contributed by atoms with Crippen LogP contribution in [0.15, 0.2) is 24.3 Å². The Morgan fingerprint density at radius 2 is 1.73 bits per heavy atom. The van der Waals surface area contributed by atoms with E-state index in [1.54, 1.807) is 23.1 Å². The minimum atomic E-state index is -0.168. The minimum absolute atomic E-state index is 0.00630. The van der Waals surface area contributed by atoms with Crippen molar-refractivity contribution in [2.45, 2.75) is 26.2 Å². The molecule has 0 bridgehead atoms. The van der Waals surface area contributed by atoms with Crippen LogP contribution >= 0.6 is 0 Å². The Balaban J connectivity index is 1.49. The van der Waals surface area contributed by atoms with E-state index < -0.39 is 0 Å². The Kier molecular flexibility index (Phi) is 6.14. The lowest BCUT2D eigenvalue weighted by Gasteiger charge is -2.36. The summed E-state index contributed by atoms with van der Waals surface area (Å²) in [5, 5.41) is 13.2. The number of carbonyl (C=O) groups is 2. The fraction of sp³-hybridized carbons (Fsp3) is 0.600. The molecule has 3 rings (SSSR count). The van der Waals surface area contributed by atoms with Gasteiger partial charge in [-0.25, -0.2) is 0 Å². The monoisotopic (exact) mass is 359 g/mol. The molecule has 2 N–H and O–H groups in total. The number of hydrogen-bond donors (Lipinski definition) is 2. The topological polar surface area (TPSA) is 72.9 Å². The third-order valence-corrected chi connectivity index (χ3v) is 5.74. The highest BCUT2D eigenvalue weighted by Gasteiger charge is 2.28. The molecule has 6 nitrogen and oxygen atoms in total. The van der Waals surface area contributed by atoms with Gasteiger partial charge in [0.25, 0.3) is 5.91 Å². The van der Waals surface area contributed by atoms with E-state index in [0.29, 0.717) is 50.0 Å². The molecule has 0 aliphatic carbocycles. The molecule has 2 aliphatic heterocycles. The second-order valence-electron chi connectivity index (χ2n) is 7.46. The summed E-state index contributed by atoms with van der Waals surface area (Å²) in [6, 6.07) is 6.60. The summed E-state index contributed by atoms with van der Waals surface area (Å²) >= 11 is 0. The van der Waals surface area contributed by atoms with Crippen LogP contribution in [0.3, 0.4) is 0 Å². The third kappa shape index (κ3) is 4.36. The summed E-state index contributed by atoms with van der Waals surface area (Å²) in [4.78, 5) is 28.8. The number of rotatable bonds is 4. The van der Waals surface area contributed by atoms with Crippen LogP contribution in [-0.2, 0) is 4.79 Å². The zero-order valence-corrected chi connectivity index (χ0v) is 15.5. The van der Waals surface area contributed by atoms with Gasteiger partial charge in [-0.3, -0.25) is 9.59 Å². The first-order valence-electron chi connectivity index (χ1n) is 9.62. The molecule has 0 aromatic heterocycles. The molecular weight excluding hydrogens is 330 g/mol. The number of aromatic hydroxyl groups is 1. The van der Waals surface area contributed by atoms with Gasteiger partial charge in [-0.05, 0) is 49.9 Å². The maximum absolute atomic E-state index is 12.6. The predicted octanol–water partition coefficient (Wildman–Crippen LogP) is 1.70. The van der Waals surface area contributed by atoms with Crippen LogP contribution in [0.2, 0.25) is 0 Å². The highest BCUT2D eigenvalue weighted by Crippen LogP contribution is 2.25. The first-order chi connectivity index (χ1) is 12.6. The molecule has 1 aromatic carbocycles. The fourth-order valence-corrected chi connectivity index (χ4v) is 3.97. The van der Waals surface area contributed by atoms with Crippen molar-refractivity contribution < 1.29 is 14.7 Å². The number of para-hydroxylation sites is 1. The molecule has 0 spiro atoms. The van der Waals surface area contributed by atoms with Crippen molar-refractivity contribution in [3.8, 4) is 5.75 Å². The van der Waals surface area contributed by atoms with Crippen LogP contribution in [0.1, 0.15) is 36.5 Å². The Morgan fingerprint density at radius 1 is 1.12 bits per heavy atom. The number of benzene rings is 1. The van der Waals surface area contributed by atoms with Crippen LogP contribution in [0, 0.1) is 11.8 Å². The van der Waals surface area contributed by atoms with Crippen LogP contribution in [0.25, 0.3) is 0 Å². The van der Waals surface area contributed by atoms with Gasteiger partial charge in [0.15, 0.2) is 0 Å². The number of phenols is 1. The van der Waals surface area contributed by atoms with E-state index >= 15 is 0 Å². The van der Waals surface area contributed by atoms with Crippen LogP contribution in [0.5, 0.6) is 5.75 Å². The zero-order valence-electron chi connectivity index (χ0n) is 15.5. The number of amides is 2. The quantitative estimate of drug-likeness (QED) is 0.858. The molecule has 0 saturated carbocycles. The number of nitrogens with zero attached hydrogens (tertiary/aromatic N) is 2. The van der Waals surface area contributed by atoms with Gasteiger partial charge < -0.3 is 20.2 Å². The molecule has 2 aliphatic rings. The lowest BCUT2D eigenvalue weighted by Crippen LogP contribution is -2.51. The van der Waals surface area contributed by atoms with E-state index in [4.69, 9.17) is 0 Å². The fourth-order valence-electron chi connectivity index (χ4n) is 3.97. The van der Waals surface area contributed by atoms with Gasteiger partial charge in [0.2, 0.25) is 5.91 Å². The summed E-state index contributed by atoms with van der Waals surface area (Å²) in [5.74, 6) is 1.07. The molecule has 2 saturated heterocycles. The molecule has 2 fully saturated rings. The SMILES string of the molecule is CC(CC(=O)N1CCN(C(=O)c2ccccc2O)CC1)C1CCNCC1. The number of carbonyl (C=O) groups excluding carboxylic acids is 2. The van der Waals surface area contributed by atoms with E-state index in [1.165, 1.54) is 6.07 Å². The molecule has 1 atom stereocenters. The largest absolute Gasteiger partial charge is 0.507 e. The lowest BCUT2D eigenvalue weighted by molar-refractivity contribution is -0.134. The average molecular weight is 359 g/mol. The predicted molar refractivity (Wildman–Crippen MR) is 100.0 cm³/mol. The summed E-state index contributed by atoms with van der Waals surface area (Å²) in [5.41, 5.74) is 0.326. The van der Waals surface area contributed by atoms with Crippen LogP contribution in [-0.4, -0.2) is 66.0 Å². The smallest absolute Gasteiger partial charge is 0.257 e. The molecular formula is C20H29N3O3. The Labute approximate surface area is 155 Å². The van der Waals surface area contributed by atoms with E-state index in [2.05, 4.69) is 12.2 Å². The van der Waals surface area contributed by atoms with E-state index in [0.717, 1.165) is 25.9 Å². The number of piperidine rings is 1. The van der Waals surface area contributed by atoms with Gasteiger partial charge in [0, 0.05) is 32.6 Å². The number of piperazine rings is 1. The second-order valence-corrected chi connectivity index (χ2v) is 7.46. The summed E-state index contributed by atoms with van der Waals surface area (Å²) < 4.78 is 0. The molecule has 6 heteroatoms. The van der Waals surface area contributed by atoms with Crippen molar-refractivity contribution in [2.24, 2.45) is 11.8 Å². The van der Waals surface area contributed by atoms with Crippen LogP contribution in [0.4, 0.5) is 0 Å². The number of hydrogen-bond acceptors (Lipinski definition) is 4. The Bertz CT molecular complexity index is 635. The standard InChI is InChI=1S/C20H29N3O3/c1-15(16-6-8-21-9-7-16)14-19(25)22-10-12-23(13-11-22)20(26)17-4-2-3-5-18(17)24/h2-5,15-16,21,24H,6-14H2,1H3. The van der Waals surface area contributed by atoms with Gasteiger partial charge >= 0.3 is 0 Å². The van der Waals surface area contributed by atoms with Crippen molar-refractivity contribution in [3.05, 3.63) is 29.8 Å². The van der Waals surface area contributed by atoms with Crippen molar-refractivity contribution in [1.29, 1.82) is 0 Å². The first-order valence-corrected chi connectivity index (χ1v) is 9.62. The van der Waals surface area contributed by atoms with Gasteiger partial charge in [0.1, 0.15) is 5.75 Å². The molecule has 142 valence electrons. The Hall–Kier alpha value is -2.08. The molecule has 2 heterocycles. The molecule has 26 heavy (non-hydrogen) atoms. The van der Waals surface area contributed by atoms with Gasteiger partial charge in [-0.1, -0.05) is 19.1 Å². The maximum atomic E-state index is 12.6. The summed E-state index contributed by atoms with van der Waals surface area (Å²) in [7, 11) is 0. The number of phenolic OH excluding ortho intramolecular Hbond substituents is 1. The first kappa shape index (κ1) is 18.7. The van der Waals surface area contributed by atoms with Gasteiger partial charge in [-0.15, -0.1) is 0 Å². The van der Waals surface area contributed by atoms with Gasteiger partial charge in [0.05, 0.1) is 5.56 Å². The highest BCUT2D eigenvalue weighted by atomic mass is 16.3. The normalized spacial score (nSPS) is 20.0. The zero-order chi connectivity index (χ0) is 18.5.